The summed E-state index contributed by atoms with van der Waals surface area (Å²) in [7, 11) is 0. The normalized spacial score (nSPS) is 17.8. The van der Waals surface area contributed by atoms with Crippen LogP contribution in [-0.2, 0) is 9.59 Å². The van der Waals surface area contributed by atoms with Gasteiger partial charge < -0.3 is 19.6 Å². The molecule has 2 aromatic rings. The summed E-state index contributed by atoms with van der Waals surface area (Å²) in [4.78, 5) is 29.8. The van der Waals surface area contributed by atoms with Crippen LogP contribution in [0.3, 0.4) is 0 Å². The first-order chi connectivity index (χ1) is 16.2. The number of rotatable bonds is 9. The van der Waals surface area contributed by atoms with Crippen molar-refractivity contribution in [1.29, 1.82) is 0 Å². The van der Waals surface area contributed by atoms with Crippen LogP contribution in [0.5, 0.6) is 5.75 Å². The Morgan fingerprint density at radius 3 is 2.32 bits per heavy atom. The monoisotopic (exact) mass is 468 g/mol. The number of amides is 1. The fourth-order valence-electron chi connectivity index (χ4n) is 4.23. The second kappa shape index (κ2) is 10.8. The van der Waals surface area contributed by atoms with Crippen molar-refractivity contribution in [1.82, 2.24) is 9.80 Å². The van der Waals surface area contributed by atoms with Crippen molar-refractivity contribution in [3.63, 3.8) is 0 Å². The van der Waals surface area contributed by atoms with Gasteiger partial charge in [-0.1, -0.05) is 26.0 Å². The van der Waals surface area contributed by atoms with Crippen molar-refractivity contribution >= 4 is 17.4 Å². The molecule has 1 fully saturated rings. The third-order valence-corrected chi connectivity index (χ3v) is 6.09. The van der Waals surface area contributed by atoms with E-state index in [1.54, 1.807) is 30.3 Å². The first kappa shape index (κ1) is 25.4. The molecule has 7 heteroatoms. The standard InChI is InChI=1S/C27H33FN2O4/c1-6-29(7-2)14-15-30-24(19-8-11-21(28)12-9-19)23(26(32)27(30)33)25(31)20-10-13-22(18(5)16-20)34-17(3)4/h8-13,16-17,24,31H,6-7,14-15H2,1-5H3/b25-23+/t24-/m1/s1. The highest BCUT2D eigenvalue weighted by atomic mass is 19.1. The summed E-state index contributed by atoms with van der Waals surface area (Å²) >= 11 is 0. The third kappa shape index (κ3) is 5.30. The molecule has 1 atom stereocenters. The molecule has 1 saturated heterocycles. The van der Waals surface area contributed by atoms with Crippen molar-refractivity contribution in [2.24, 2.45) is 0 Å². The van der Waals surface area contributed by atoms with E-state index in [0.717, 1.165) is 18.7 Å². The maximum atomic E-state index is 13.6. The summed E-state index contributed by atoms with van der Waals surface area (Å²) in [5, 5.41) is 11.2. The first-order valence-electron chi connectivity index (χ1n) is 11.7. The minimum atomic E-state index is -0.803. The zero-order valence-electron chi connectivity index (χ0n) is 20.5. The van der Waals surface area contributed by atoms with Gasteiger partial charge in [-0.05, 0) is 75.3 Å². The van der Waals surface area contributed by atoms with Crippen LogP contribution in [0.1, 0.15) is 50.4 Å². The van der Waals surface area contributed by atoms with Crippen molar-refractivity contribution in [2.75, 3.05) is 26.2 Å². The van der Waals surface area contributed by atoms with Crippen LogP contribution >= 0.6 is 0 Å². The molecular weight excluding hydrogens is 435 g/mol. The van der Waals surface area contributed by atoms with Crippen LogP contribution in [0.4, 0.5) is 4.39 Å². The average Bonchev–Trinajstić information content (AvgIpc) is 3.05. The lowest BCUT2D eigenvalue weighted by Crippen LogP contribution is -2.38. The number of nitrogens with zero attached hydrogens (tertiary/aromatic N) is 2. The number of halogens is 1. The maximum absolute atomic E-state index is 13.6. The Morgan fingerprint density at radius 2 is 1.76 bits per heavy atom. The first-order valence-corrected chi connectivity index (χ1v) is 11.7. The van der Waals surface area contributed by atoms with E-state index in [-0.39, 0.29) is 17.4 Å². The van der Waals surface area contributed by atoms with E-state index in [1.165, 1.54) is 17.0 Å². The molecule has 0 aromatic heterocycles. The minimum absolute atomic E-state index is 0.00671. The molecule has 34 heavy (non-hydrogen) atoms. The molecule has 1 aliphatic heterocycles. The van der Waals surface area contributed by atoms with Crippen molar-refractivity contribution in [3.8, 4) is 5.75 Å². The molecule has 1 N–H and O–H groups in total. The second-order valence-corrected chi connectivity index (χ2v) is 8.72. The van der Waals surface area contributed by atoms with Crippen LogP contribution in [-0.4, -0.2) is 58.9 Å². The van der Waals surface area contributed by atoms with E-state index in [0.29, 0.717) is 30.0 Å². The number of ether oxygens (including phenoxy) is 1. The number of ketones is 1. The number of aryl methyl sites for hydroxylation is 1. The largest absolute Gasteiger partial charge is 0.507 e. The summed E-state index contributed by atoms with van der Waals surface area (Å²) in [5.41, 5.74) is 1.79. The number of aliphatic hydroxyl groups is 1. The number of carbonyl (C=O) groups is 2. The molecule has 0 radical (unpaired) electrons. The Balaban J connectivity index is 2.08. The van der Waals surface area contributed by atoms with E-state index in [1.807, 2.05) is 34.6 Å². The van der Waals surface area contributed by atoms with Gasteiger partial charge in [-0.25, -0.2) is 4.39 Å². The van der Waals surface area contributed by atoms with Gasteiger partial charge in [0.15, 0.2) is 0 Å². The van der Waals surface area contributed by atoms with Crippen molar-refractivity contribution < 1.29 is 23.8 Å². The molecule has 1 amide bonds. The molecule has 2 aromatic carbocycles. The van der Waals surface area contributed by atoms with Gasteiger partial charge in [0.2, 0.25) is 0 Å². The molecule has 0 bridgehead atoms. The van der Waals surface area contributed by atoms with Gasteiger partial charge in [0.25, 0.3) is 11.7 Å². The minimum Gasteiger partial charge on any atom is -0.507 e. The van der Waals surface area contributed by atoms with Crippen LogP contribution in [0.25, 0.3) is 5.76 Å². The van der Waals surface area contributed by atoms with Gasteiger partial charge in [-0.3, -0.25) is 9.59 Å². The van der Waals surface area contributed by atoms with Crippen molar-refractivity contribution in [3.05, 3.63) is 70.5 Å². The number of benzene rings is 2. The number of likely N-dealkylation sites (tertiary alicyclic amines) is 1. The Bertz CT molecular complexity index is 1070. The Hall–Kier alpha value is -3.19. The number of hydrogen-bond donors (Lipinski definition) is 1. The third-order valence-electron chi connectivity index (χ3n) is 6.09. The predicted molar refractivity (Wildman–Crippen MR) is 130 cm³/mol. The van der Waals surface area contributed by atoms with Crippen LogP contribution < -0.4 is 4.74 Å². The fourth-order valence-corrected chi connectivity index (χ4v) is 4.23. The maximum Gasteiger partial charge on any atom is 0.295 e. The highest BCUT2D eigenvalue weighted by Gasteiger charge is 2.46. The average molecular weight is 469 g/mol. The molecule has 0 aliphatic carbocycles. The lowest BCUT2D eigenvalue weighted by atomic mass is 9.94. The van der Waals surface area contributed by atoms with E-state index in [9.17, 15) is 19.1 Å². The topological polar surface area (TPSA) is 70.1 Å². The van der Waals surface area contributed by atoms with Crippen LogP contribution in [0.15, 0.2) is 48.0 Å². The summed E-state index contributed by atoms with van der Waals surface area (Å²) in [6.45, 7) is 12.3. The summed E-state index contributed by atoms with van der Waals surface area (Å²) in [6.07, 6.45) is -0.00671. The Labute approximate surface area is 200 Å². The number of Topliss-reactive ketones (excluding diaryl/α,β-unsaturated/α-hetero) is 1. The smallest absolute Gasteiger partial charge is 0.295 e. The SMILES string of the molecule is CCN(CC)CCN1C(=O)C(=O)/C(=C(/O)c2ccc(OC(C)C)c(C)c2)[C@H]1c1ccc(F)cc1. The van der Waals surface area contributed by atoms with E-state index in [4.69, 9.17) is 4.74 Å². The molecule has 0 spiro atoms. The van der Waals surface area contributed by atoms with E-state index in [2.05, 4.69) is 4.90 Å². The second-order valence-electron chi connectivity index (χ2n) is 8.72. The van der Waals surface area contributed by atoms with Gasteiger partial charge in [-0.2, -0.15) is 0 Å². The summed E-state index contributed by atoms with van der Waals surface area (Å²) in [5.74, 6) is -1.40. The summed E-state index contributed by atoms with van der Waals surface area (Å²) in [6, 6.07) is 10.0. The molecule has 3 rings (SSSR count). The molecule has 6 nitrogen and oxygen atoms in total. The molecule has 0 unspecified atom stereocenters. The predicted octanol–water partition coefficient (Wildman–Crippen LogP) is 4.68. The zero-order valence-corrected chi connectivity index (χ0v) is 20.5. The Kier molecular flexibility index (Phi) is 8.10. The van der Waals surface area contributed by atoms with Crippen molar-refractivity contribution in [2.45, 2.75) is 46.8 Å². The molecule has 182 valence electrons. The quantitative estimate of drug-likeness (QED) is 0.329. The molecule has 0 saturated carbocycles. The molecular formula is C27H33FN2O4. The lowest BCUT2D eigenvalue weighted by molar-refractivity contribution is -0.140. The number of likely N-dealkylation sites (N-methyl/N-ethyl adjacent to an activating group) is 1. The summed E-state index contributed by atoms with van der Waals surface area (Å²) < 4.78 is 19.4. The fraction of sp³-hybridized carbons (Fsp3) is 0.407. The van der Waals surface area contributed by atoms with Crippen LogP contribution in [0.2, 0.25) is 0 Å². The van der Waals surface area contributed by atoms with Crippen LogP contribution in [0, 0.1) is 12.7 Å². The molecule has 1 heterocycles. The van der Waals surface area contributed by atoms with Gasteiger partial charge >= 0.3 is 0 Å². The van der Waals surface area contributed by atoms with Gasteiger partial charge in [0, 0.05) is 18.7 Å². The van der Waals surface area contributed by atoms with E-state index >= 15 is 0 Å². The van der Waals surface area contributed by atoms with Gasteiger partial charge in [-0.15, -0.1) is 0 Å². The molecule has 1 aliphatic rings. The zero-order chi connectivity index (χ0) is 25.0. The van der Waals surface area contributed by atoms with Gasteiger partial charge in [0.1, 0.15) is 17.3 Å². The highest BCUT2D eigenvalue weighted by Crippen LogP contribution is 2.39. The number of carbonyl (C=O) groups excluding carboxylic acids is 2. The lowest BCUT2D eigenvalue weighted by Gasteiger charge is -2.28. The van der Waals surface area contributed by atoms with Gasteiger partial charge in [0.05, 0.1) is 17.7 Å². The number of aliphatic hydroxyl groups excluding tert-OH is 1. The van der Waals surface area contributed by atoms with E-state index < -0.39 is 23.5 Å². The number of hydrogen-bond acceptors (Lipinski definition) is 5. The highest BCUT2D eigenvalue weighted by molar-refractivity contribution is 6.46. The Morgan fingerprint density at radius 1 is 1.12 bits per heavy atom.